The molecule has 0 amide bonds. The number of benzene rings is 1. The summed E-state index contributed by atoms with van der Waals surface area (Å²) < 4.78 is 23.0. The largest absolute Gasteiger partial charge is 0.312 e. The van der Waals surface area contributed by atoms with Crippen molar-refractivity contribution in [2.24, 2.45) is 0 Å². The second kappa shape index (κ2) is 5.20. The lowest BCUT2D eigenvalue weighted by atomic mass is 10.00. The van der Waals surface area contributed by atoms with Crippen LogP contribution >= 0.6 is 0 Å². The number of rotatable bonds is 3. The molecule has 0 aliphatic carbocycles. The smallest absolute Gasteiger partial charge is 0.164 e. The summed E-state index contributed by atoms with van der Waals surface area (Å²) in [6.07, 6.45) is 0.240. The maximum Gasteiger partial charge on any atom is 0.164 e. The standard InChI is InChI=1S/C13H17NO3S/c1-10-4-2-3-5-12(10)13(15)8-11-9-18(16,17)7-6-14-11/h2-5,11,14H,6-9H2,1H3. The normalized spacial score (nSPS) is 22.6. The molecule has 1 fully saturated rings. The number of ketones is 1. The van der Waals surface area contributed by atoms with Crippen LogP contribution in [0.25, 0.3) is 0 Å². The predicted molar refractivity (Wildman–Crippen MR) is 70.6 cm³/mol. The zero-order chi connectivity index (χ0) is 13.2. The first kappa shape index (κ1) is 13.2. The summed E-state index contributed by atoms with van der Waals surface area (Å²) in [5, 5.41) is 3.09. The molecule has 18 heavy (non-hydrogen) atoms. The number of carbonyl (C=O) groups is 1. The van der Waals surface area contributed by atoms with E-state index < -0.39 is 9.84 Å². The van der Waals surface area contributed by atoms with Crippen LogP contribution in [0.15, 0.2) is 24.3 Å². The van der Waals surface area contributed by atoms with Crippen LogP contribution in [0.3, 0.4) is 0 Å². The first-order valence-electron chi connectivity index (χ1n) is 6.00. The van der Waals surface area contributed by atoms with Crippen molar-refractivity contribution in [1.29, 1.82) is 0 Å². The molecule has 2 rings (SSSR count). The minimum Gasteiger partial charge on any atom is -0.312 e. The molecule has 1 saturated heterocycles. The van der Waals surface area contributed by atoms with Gasteiger partial charge in [0.25, 0.3) is 0 Å². The third-order valence-electron chi connectivity index (χ3n) is 3.18. The maximum atomic E-state index is 12.1. The van der Waals surface area contributed by atoms with Crippen LogP contribution in [0.2, 0.25) is 0 Å². The Morgan fingerprint density at radius 3 is 2.78 bits per heavy atom. The molecule has 98 valence electrons. The fourth-order valence-corrected chi connectivity index (χ4v) is 3.66. The second-order valence-electron chi connectivity index (χ2n) is 4.71. The van der Waals surface area contributed by atoms with E-state index in [1.807, 2.05) is 25.1 Å². The Balaban J connectivity index is 2.06. The highest BCUT2D eigenvalue weighted by Gasteiger charge is 2.26. The van der Waals surface area contributed by atoms with E-state index in [1.165, 1.54) is 0 Å². The van der Waals surface area contributed by atoms with Crippen molar-refractivity contribution < 1.29 is 13.2 Å². The summed E-state index contributed by atoms with van der Waals surface area (Å²) in [7, 11) is -2.98. The quantitative estimate of drug-likeness (QED) is 0.828. The molecular formula is C13H17NO3S. The van der Waals surface area contributed by atoms with E-state index in [-0.39, 0.29) is 29.8 Å². The van der Waals surface area contributed by atoms with Gasteiger partial charge in [-0.2, -0.15) is 0 Å². The summed E-state index contributed by atoms with van der Waals surface area (Å²) >= 11 is 0. The van der Waals surface area contributed by atoms with Crippen LogP contribution in [0.5, 0.6) is 0 Å². The molecule has 1 unspecified atom stereocenters. The lowest BCUT2D eigenvalue weighted by Gasteiger charge is -2.23. The van der Waals surface area contributed by atoms with Gasteiger partial charge in [-0.25, -0.2) is 8.42 Å². The SMILES string of the molecule is Cc1ccccc1C(=O)CC1CS(=O)(=O)CCN1. The molecular weight excluding hydrogens is 250 g/mol. The highest BCUT2D eigenvalue weighted by molar-refractivity contribution is 7.91. The molecule has 1 aliphatic rings. The van der Waals surface area contributed by atoms with Crippen LogP contribution in [0, 0.1) is 6.92 Å². The number of hydrogen-bond donors (Lipinski definition) is 1. The van der Waals surface area contributed by atoms with Crippen molar-refractivity contribution in [1.82, 2.24) is 5.32 Å². The molecule has 1 aliphatic heterocycles. The molecule has 0 spiro atoms. The van der Waals surface area contributed by atoms with E-state index in [1.54, 1.807) is 6.07 Å². The molecule has 1 aromatic carbocycles. The van der Waals surface area contributed by atoms with Gasteiger partial charge in [-0.15, -0.1) is 0 Å². The van der Waals surface area contributed by atoms with Crippen LogP contribution in [0.1, 0.15) is 22.3 Å². The second-order valence-corrected chi connectivity index (χ2v) is 6.94. The molecule has 0 aromatic heterocycles. The minimum atomic E-state index is -2.98. The Kier molecular flexibility index (Phi) is 3.82. The van der Waals surface area contributed by atoms with Gasteiger partial charge in [0.05, 0.1) is 11.5 Å². The van der Waals surface area contributed by atoms with Crippen molar-refractivity contribution in [3.05, 3.63) is 35.4 Å². The molecule has 1 N–H and O–H groups in total. The fourth-order valence-electron chi connectivity index (χ4n) is 2.22. The number of nitrogens with one attached hydrogen (secondary N) is 1. The molecule has 5 heteroatoms. The van der Waals surface area contributed by atoms with Crippen LogP contribution in [0.4, 0.5) is 0 Å². The van der Waals surface area contributed by atoms with Crippen molar-refractivity contribution in [3.63, 3.8) is 0 Å². The van der Waals surface area contributed by atoms with Crippen LogP contribution in [-0.4, -0.2) is 38.3 Å². The van der Waals surface area contributed by atoms with Gasteiger partial charge >= 0.3 is 0 Å². The van der Waals surface area contributed by atoms with Gasteiger partial charge in [-0.05, 0) is 12.5 Å². The number of hydrogen-bond acceptors (Lipinski definition) is 4. The molecule has 0 bridgehead atoms. The van der Waals surface area contributed by atoms with E-state index in [0.29, 0.717) is 12.1 Å². The lowest BCUT2D eigenvalue weighted by Crippen LogP contribution is -2.46. The summed E-state index contributed by atoms with van der Waals surface area (Å²) in [4.78, 5) is 12.1. The Morgan fingerprint density at radius 2 is 2.11 bits per heavy atom. The fraction of sp³-hybridized carbons (Fsp3) is 0.462. The third-order valence-corrected chi connectivity index (χ3v) is 4.91. The Bertz CT molecular complexity index is 551. The van der Waals surface area contributed by atoms with Crippen LogP contribution < -0.4 is 5.32 Å². The summed E-state index contributed by atoms with van der Waals surface area (Å²) in [5.41, 5.74) is 1.61. The van der Waals surface area contributed by atoms with Gasteiger partial charge in [0.1, 0.15) is 0 Å². The number of Topliss-reactive ketones (excluding diaryl/α,β-unsaturated/α-hetero) is 1. The average molecular weight is 267 g/mol. The van der Waals surface area contributed by atoms with Crippen LogP contribution in [-0.2, 0) is 9.84 Å². The number of carbonyl (C=O) groups excluding carboxylic acids is 1. The summed E-state index contributed by atoms with van der Waals surface area (Å²) in [6, 6.07) is 7.13. The molecule has 0 radical (unpaired) electrons. The third kappa shape index (κ3) is 3.17. The van der Waals surface area contributed by atoms with Crippen molar-refractivity contribution in [3.8, 4) is 0 Å². The molecule has 0 saturated carbocycles. The van der Waals surface area contributed by atoms with E-state index in [9.17, 15) is 13.2 Å². The maximum absolute atomic E-state index is 12.1. The molecule has 1 atom stereocenters. The highest BCUT2D eigenvalue weighted by atomic mass is 32.2. The van der Waals surface area contributed by atoms with E-state index in [2.05, 4.69) is 5.32 Å². The van der Waals surface area contributed by atoms with Gasteiger partial charge in [-0.1, -0.05) is 24.3 Å². The molecule has 1 heterocycles. The van der Waals surface area contributed by atoms with Gasteiger partial charge in [0.15, 0.2) is 15.6 Å². The first-order chi connectivity index (χ1) is 8.48. The zero-order valence-corrected chi connectivity index (χ0v) is 11.2. The Labute approximate surface area is 107 Å². The Hall–Kier alpha value is -1.20. The predicted octanol–water partition coefficient (Wildman–Crippen LogP) is 0.954. The van der Waals surface area contributed by atoms with Crippen molar-refractivity contribution >= 4 is 15.6 Å². The Morgan fingerprint density at radius 1 is 1.39 bits per heavy atom. The lowest BCUT2D eigenvalue weighted by molar-refractivity contribution is 0.0971. The zero-order valence-electron chi connectivity index (χ0n) is 10.3. The minimum absolute atomic E-state index is 0.00250. The van der Waals surface area contributed by atoms with E-state index in [0.717, 1.165) is 5.56 Å². The van der Waals surface area contributed by atoms with Crippen molar-refractivity contribution in [2.45, 2.75) is 19.4 Å². The summed E-state index contributed by atoms with van der Waals surface area (Å²) in [6.45, 7) is 2.33. The highest BCUT2D eigenvalue weighted by Crippen LogP contribution is 2.13. The van der Waals surface area contributed by atoms with Gasteiger partial charge < -0.3 is 5.32 Å². The topological polar surface area (TPSA) is 63.2 Å². The van der Waals surface area contributed by atoms with E-state index in [4.69, 9.17) is 0 Å². The summed E-state index contributed by atoms with van der Waals surface area (Å²) in [5.74, 6) is 0.231. The van der Waals surface area contributed by atoms with Gasteiger partial charge in [0.2, 0.25) is 0 Å². The number of aryl methyl sites for hydroxylation is 1. The first-order valence-corrected chi connectivity index (χ1v) is 7.83. The monoisotopic (exact) mass is 267 g/mol. The number of sulfone groups is 1. The van der Waals surface area contributed by atoms with Gasteiger partial charge in [0, 0.05) is 24.6 Å². The van der Waals surface area contributed by atoms with E-state index >= 15 is 0 Å². The van der Waals surface area contributed by atoms with Crippen molar-refractivity contribution in [2.75, 3.05) is 18.1 Å². The average Bonchev–Trinajstić information content (AvgIpc) is 2.28. The molecule has 1 aromatic rings. The van der Waals surface area contributed by atoms with Gasteiger partial charge in [-0.3, -0.25) is 4.79 Å². The molecule has 4 nitrogen and oxygen atoms in total.